The fourth-order valence-corrected chi connectivity index (χ4v) is 2.95. The molecular formula is C16H17N3O2. The van der Waals surface area contributed by atoms with Gasteiger partial charge in [-0.3, -0.25) is 0 Å². The second-order valence-corrected chi connectivity index (χ2v) is 5.51. The van der Waals surface area contributed by atoms with Crippen molar-refractivity contribution in [2.45, 2.75) is 25.4 Å². The van der Waals surface area contributed by atoms with E-state index in [1.165, 1.54) is 5.56 Å². The van der Waals surface area contributed by atoms with Gasteiger partial charge in [-0.2, -0.15) is 0 Å². The van der Waals surface area contributed by atoms with Crippen LogP contribution in [0.3, 0.4) is 0 Å². The van der Waals surface area contributed by atoms with E-state index in [2.05, 4.69) is 11.1 Å². The number of para-hydroxylation sites is 1. The lowest BCUT2D eigenvalue weighted by molar-refractivity contribution is 0.109. The van der Waals surface area contributed by atoms with Crippen LogP contribution < -0.4 is 10.5 Å². The molecule has 0 aliphatic carbocycles. The molecule has 2 aliphatic heterocycles. The van der Waals surface area contributed by atoms with E-state index in [0.29, 0.717) is 25.6 Å². The van der Waals surface area contributed by atoms with Crippen molar-refractivity contribution in [1.82, 2.24) is 9.97 Å². The van der Waals surface area contributed by atoms with Crippen LogP contribution in [-0.2, 0) is 24.2 Å². The summed E-state index contributed by atoms with van der Waals surface area (Å²) < 4.78 is 11.3. The van der Waals surface area contributed by atoms with E-state index in [1.807, 2.05) is 18.2 Å². The maximum Gasteiger partial charge on any atom is 0.137 e. The second-order valence-electron chi connectivity index (χ2n) is 5.51. The molecule has 1 aromatic heterocycles. The summed E-state index contributed by atoms with van der Waals surface area (Å²) in [5.41, 5.74) is 9.25. The third-order valence-electron chi connectivity index (χ3n) is 4.12. The topological polar surface area (TPSA) is 70.3 Å². The van der Waals surface area contributed by atoms with Gasteiger partial charge in [0.15, 0.2) is 0 Å². The van der Waals surface area contributed by atoms with Crippen LogP contribution in [0, 0.1) is 0 Å². The van der Waals surface area contributed by atoms with Crippen LogP contribution in [0.2, 0.25) is 0 Å². The molecule has 4 rings (SSSR count). The number of fused-ring (bicyclic) bond motifs is 2. The first-order valence-corrected chi connectivity index (χ1v) is 7.25. The van der Waals surface area contributed by atoms with E-state index in [0.717, 1.165) is 35.7 Å². The number of ether oxygens (including phenoxy) is 2. The van der Waals surface area contributed by atoms with Crippen molar-refractivity contribution in [3.63, 3.8) is 0 Å². The standard InChI is InChI=1S/C16H17N3O2/c17-15-12-9-20-6-5-13(12)18-16(19-15)11-7-10-3-1-2-4-14(10)21-8-11/h1-4,11H,5-9H2,(H2,17,18,19). The van der Waals surface area contributed by atoms with E-state index in [-0.39, 0.29) is 5.92 Å². The summed E-state index contributed by atoms with van der Waals surface area (Å²) in [6.07, 6.45) is 1.70. The van der Waals surface area contributed by atoms with Gasteiger partial charge in [-0.1, -0.05) is 18.2 Å². The number of rotatable bonds is 1. The van der Waals surface area contributed by atoms with Crippen LogP contribution in [0.15, 0.2) is 24.3 Å². The van der Waals surface area contributed by atoms with Gasteiger partial charge in [0.25, 0.3) is 0 Å². The monoisotopic (exact) mass is 283 g/mol. The van der Waals surface area contributed by atoms with Crippen molar-refractivity contribution in [3.8, 4) is 5.75 Å². The maximum absolute atomic E-state index is 6.07. The molecule has 108 valence electrons. The molecule has 1 aromatic carbocycles. The number of nitrogen functional groups attached to an aromatic ring is 1. The first-order chi connectivity index (χ1) is 10.3. The van der Waals surface area contributed by atoms with E-state index >= 15 is 0 Å². The number of benzene rings is 1. The van der Waals surface area contributed by atoms with Crippen molar-refractivity contribution in [2.24, 2.45) is 0 Å². The zero-order chi connectivity index (χ0) is 14.2. The molecule has 5 heteroatoms. The second kappa shape index (κ2) is 5.00. The molecule has 5 nitrogen and oxygen atoms in total. The highest BCUT2D eigenvalue weighted by Gasteiger charge is 2.26. The SMILES string of the molecule is Nc1nc(C2COc3ccccc3C2)nc2c1COCC2. The highest BCUT2D eigenvalue weighted by atomic mass is 16.5. The Kier molecular flexibility index (Phi) is 3.00. The molecule has 21 heavy (non-hydrogen) atoms. The number of nitrogens with two attached hydrogens (primary N) is 1. The van der Waals surface area contributed by atoms with Gasteiger partial charge in [-0.05, 0) is 18.1 Å². The average molecular weight is 283 g/mol. The van der Waals surface area contributed by atoms with Crippen LogP contribution in [0.4, 0.5) is 5.82 Å². The van der Waals surface area contributed by atoms with Crippen molar-refractivity contribution < 1.29 is 9.47 Å². The molecule has 0 radical (unpaired) electrons. The van der Waals surface area contributed by atoms with Gasteiger partial charge in [0.2, 0.25) is 0 Å². The van der Waals surface area contributed by atoms with Gasteiger partial charge in [0, 0.05) is 12.0 Å². The summed E-state index contributed by atoms with van der Waals surface area (Å²) in [7, 11) is 0. The third kappa shape index (κ3) is 2.23. The normalized spacial score (nSPS) is 20.3. The summed E-state index contributed by atoms with van der Waals surface area (Å²) in [5, 5.41) is 0. The summed E-state index contributed by atoms with van der Waals surface area (Å²) in [6, 6.07) is 8.12. The molecule has 0 fully saturated rings. The largest absolute Gasteiger partial charge is 0.493 e. The van der Waals surface area contributed by atoms with E-state index in [9.17, 15) is 0 Å². The first-order valence-electron chi connectivity index (χ1n) is 7.25. The smallest absolute Gasteiger partial charge is 0.137 e. The molecule has 0 saturated carbocycles. The number of aromatic nitrogens is 2. The zero-order valence-electron chi connectivity index (χ0n) is 11.7. The summed E-state index contributed by atoms with van der Waals surface area (Å²) in [4.78, 5) is 9.21. The lowest BCUT2D eigenvalue weighted by Crippen LogP contribution is -2.24. The first kappa shape index (κ1) is 12.6. The minimum Gasteiger partial charge on any atom is -0.493 e. The van der Waals surface area contributed by atoms with Gasteiger partial charge < -0.3 is 15.2 Å². The molecule has 1 unspecified atom stereocenters. The van der Waals surface area contributed by atoms with Crippen LogP contribution in [0.5, 0.6) is 5.75 Å². The predicted octanol–water partition coefficient (Wildman–Crippen LogP) is 1.85. The Bertz CT molecular complexity index is 687. The lowest BCUT2D eigenvalue weighted by Gasteiger charge is -2.26. The van der Waals surface area contributed by atoms with Crippen molar-refractivity contribution >= 4 is 5.82 Å². The van der Waals surface area contributed by atoms with Crippen LogP contribution >= 0.6 is 0 Å². The van der Waals surface area contributed by atoms with Crippen molar-refractivity contribution in [1.29, 1.82) is 0 Å². The Labute approximate surface area is 123 Å². The van der Waals surface area contributed by atoms with Gasteiger partial charge >= 0.3 is 0 Å². The van der Waals surface area contributed by atoms with Gasteiger partial charge in [0.1, 0.15) is 17.4 Å². The van der Waals surface area contributed by atoms with Crippen molar-refractivity contribution in [2.75, 3.05) is 18.9 Å². The number of hydrogen-bond donors (Lipinski definition) is 1. The van der Waals surface area contributed by atoms with Gasteiger partial charge in [-0.25, -0.2) is 9.97 Å². The molecule has 2 N–H and O–H groups in total. The number of anilines is 1. The fourth-order valence-electron chi connectivity index (χ4n) is 2.95. The summed E-state index contributed by atoms with van der Waals surface area (Å²) >= 11 is 0. The average Bonchev–Trinajstić information content (AvgIpc) is 2.54. The Morgan fingerprint density at radius 3 is 3.05 bits per heavy atom. The van der Waals surface area contributed by atoms with Gasteiger partial charge in [-0.15, -0.1) is 0 Å². The Morgan fingerprint density at radius 2 is 2.10 bits per heavy atom. The number of nitrogens with zero attached hydrogens (tertiary/aromatic N) is 2. The molecule has 2 aromatic rings. The minimum absolute atomic E-state index is 0.162. The summed E-state index contributed by atoms with van der Waals surface area (Å²) in [6.45, 7) is 1.82. The van der Waals surface area contributed by atoms with Gasteiger partial charge in [0.05, 0.1) is 31.4 Å². The number of hydrogen-bond acceptors (Lipinski definition) is 5. The lowest BCUT2D eigenvalue weighted by atomic mass is 9.95. The molecule has 2 aliphatic rings. The molecule has 0 saturated heterocycles. The highest BCUT2D eigenvalue weighted by molar-refractivity contribution is 5.44. The Hall–Kier alpha value is -2.14. The van der Waals surface area contributed by atoms with E-state index < -0.39 is 0 Å². The Morgan fingerprint density at radius 1 is 1.19 bits per heavy atom. The van der Waals surface area contributed by atoms with Crippen molar-refractivity contribution in [3.05, 3.63) is 46.9 Å². The molecule has 1 atom stereocenters. The molecular weight excluding hydrogens is 266 g/mol. The van der Waals surface area contributed by atoms with Crippen LogP contribution in [0.1, 0.15) is 28.6 Å². The molecule has 3 heterocycles. The van der Waals surface area contributed by atoms with Crippen LogP contribution in [-0.4, -0.2) is 23.2 Å². The minimum atomic E-state index is 0.162. The summed E-state index contributed by atoms with van der Waals surface area (Å²) in [5.74, 6) is 2.47. The molecule has 0 bridgehead atoms. The molecule has 0 amide bonds. The van der Waals surface area contributed by atoms with Crippen LogP contribution in [0.25, 0.3) is 0 Å². The van der Waals surface area contributed by atoms with E-state index in [1.54, 1.807) is 0 Å². The zero-order valence-corrected chi connectivity index (χ0v) is 11.7. The molecule has 0 spiro atoms. The Balaban J connectivity index is 1.67. The maximum atomic E-state index is 6.07. The van der Waals surface area contributed by atoms with E-state index in [4.69, 9.17) is 20.2 Å². The predicted molar refractivity (Wildman–Crippen MR) is 78.2 cm³/mol. The fraction of sp³-hybridized carbons (Fsp3) is 0.375. The quantitative estimate of drug-likeness (QED) is 0.865. The third-order valence-corrected chi connectivity index (χ3v) is 4.12. The highest BCUT2D eigenvalue weighted by Crippen LogP contribution is 2.32.